The quantitative estimate of drug-likeness (QED) is 0.864. The smallest absolute Gasteiger partial charge is 0.329 e. The van der Waals surface area contributed by atoms with E-state index in [0.717, 1.165) is 24.9 Å². The number of carbonyl (C=O) groups is 1. The molecule has 110 valence electrons. The fraction of sp³-hybridized carbons (Fsp3) is 0.562. The molecule has 2 N–H and O–H groups in total. The maximum atomic E-state index is 11.9. The molecular formula is C16H24N2O2. The Labute approximate surface area is 120 Å². The first-order chi connectivity index (χ1) is 9.60. The van der Waals surface area contributed by atoms with Crippen LogP contribution in [-0.4, -0.2) is 42.2 Å². The van der Waals surface area contributed by atoms with Crippen molar-refractivity contribution in [2.24, 2.45) is 0 Å². The van der Waals surface area contributed by atoms with Crippen molar-refractivity contribution in [3.63, 3.8) is 0 Å². The van der Waals surface area contributed by atoms with Crippen molar-refractivity contribution >= 4 is 5.97 Å². The van der Waals surface area contributed by atoms with Crippen molar-refractivity contribution in [1.29, 1.82) is 0 Å². The average molecular weight is 276 g/mol. The minimum atomic E-state index is -1.03. The van der Waals surface area contributed by atoms with Crippen LogP contribution in [0.15, 0.2) is 30.3 Å². The van der Waals surface area contributed by atoms with Gasteiger partial charge in [-0.1, -0.05) is 36.8 Å². The highest BCUT2D eigenvalue weighted by atomic mass is 16.4. The molecule has 1 fully saturated rings. The summed E-state index contributed by atoms with van der Waals surface area (Å²) in [4.78, 5) is 14.2. The molecule has 0 saturated carbocycles. The Kier molecular flexibility index (Phi) is 4.78. The fourth-order valence-electron chi connectivity index (χ4n) is 3.03. The Morgan fingerprint density at radius 1 is 1.40 bits per heavy atom. The molecule has 1 aliphatic heterocycles. The maximum Gasteiger partial charge on any atom is 0.329 e. The summed E-state index contributed by atoms with van der Waals surface area (Å²) in [5, 5.41) is 12.9. The molecule has 4 nitrogen and oxygen atoms in total. The van der Waals surface area contributed by atoms with E-state index in [-0.39, 0.29) is 0 Å². The number of rotatable bonds is 5. The highest BCUT2D eigenvalue weighted by molar-refractivity contribution is 5.81. The molecule has 1 aromatic rings. The highest BCUT2D eigenvalue weighted by Crippen LogP contribution is 2.26. The van der Waals surface area contributed by atoms with Crippen molar-refractivity contribution in [3.8, 4) is 0 Å². The Hall–Kier alpha value is -1.39. The van der Waals surface area contributed by atoms with Gasteiger partial charge in [-0.15, -0.1) is 0 Å². The van der Waals surface area contributed by atoms with Gasteiger partial charge in [0.05, 0.1) is 0 Å². The number of nitrogens with zero attached hydrogens (tertiary/aromatic N) is 1. The molecule has 0 aromatic heterocycles. The zero-order valence-electron chi connectivity index (χ0n) is 12.3. The summed E-state index contributed by atoms with van der Waals surface area (Å²) >= 11 is 0. The zero-order valence-corrected chi connectivity index (χ0v) is 12.3. The van der Waals surface area contributed by atoms with Gasteiger partial charge in [0, 0.05) is 12.6 Å². The van der Waals surface area contributed by atoms with Gasteiger partial charge in [0.25, 0.3) is 0 Å². The normalized spacial score (nSPS) is 23.2. The van der Waals surface area contributed by atoms with Gasteiger partial charge in [-0.25, -0.2) is 4.79 Å². The average Bonchev–Trinajstić information content (AvgIpc) is 2.47. The standard InChI is InChI=1S/C16H24N2O2/c1-13-8-6-7-11-18(13)12-16(17-2,15(19)20)14-9-4-3-5-10-14/h3-5,9-10,13,17H,6-8,11-12H2,1-2H3,(H,19,20). The van der Waals surface area contributed by atoms with Crippen molar-refractivity contribution < 1.29 is 9.90 Å². The van der Waals surface area contributed by atoms with E-state index in [9.17, 15) is 9.90 Å². The van der Waals surface area contributed by atoms with E-state index in [0.29, 0.717) is 12.6 Å². The lowest BCUT2D eigenvalue weighted by Crippen LogP contribution is -2.57. The molecule has 4 heteroatoms. The monoisotopic (exact) mass is 276 g/mol. The molecule has 2 unspecified atom stereocenters. The number of hydrogen-bond acceptors (Lipinski definition) is 3. The van der Waals surface area contributed by atoms with E-state index in [1.807, 2.05) is 30.3 Å². The summed E-state index contributed by atoms with van der Waals surface area (Å²) in [5.74, 6) is -0.816. The van der Waals surface area contributed by atoms with Gasteiger partial charge in [-0.3, -0.25) is 4.90 Å². The molecule has 0 bridgehead atoms. The fourth-order valence-corrected chi connectivity index (χ4v) is 3.03. The molecule has 2 atom stereocenters. The van der Waals surface area contributed by atoms with Crippen LogP contribution < -0.4 is 5.32 Å². The predicted molar refractivity (Wildman–Crippen MR) is 79.7 cm³/mol. The highest BCUT2D eigenvalue weighted by Gasteiger charge is 2.41. The first-order valence-electron chi connectivity index (χ1n) is 7.32. The van der Waals surface area contributed by atoms with Crippen molar-refractivity contribution in [3.05, 3.63) is 35.9 Å². The molecule has 1 heterocycles. The number of carboxylic acids is 1. The van der Waals surface area contributed by atoms with Gasteiger partial charge in [0.2, 0.25) is 0 Å². The van der Waals surface area contributed by atoms with E-state index >= 15 is 0 Å². The second kappa shape index (κ2) is 6.37. The van der Waals surface area contributed by atoms with E-state index in [1.165, 1.54) is 6.42 Å². The zero-order chi connectivity index (χ0) is 14.6. The lowest BCUT2D eigenvalue weighted by atomic mass is 9.88. The molecular weight excluding hydrogens is 252 g/mol. The number of likely N-dealkylation sites (N-methyl/N-ethyl adjacent to an activating group) is 1. The summed E-state index contributed by atoms with van der Waals surface area (Å²) < 4.78 is 0. The van der Waals surface area contributed by atoms with Crippen LogP contribution in [-0.2, 0) is 10.3 Å². The van der Waals surface area contributed by atoms with Gasteiger partial charge in [-0.05, 0) is 38.9 Å². The molecule has 0 aliphatic carbocycles. The third-order valence-corrected chi connectivity index (χ3v) is 4.44. The minimum absolute atomic E-state index is 0.444. The van der Waals surface area contributed by atoms with Crippen LogP contribution in [0.25, 0.3) is 0 Å². The Bertz CT molecular complexity index is 449. The molecule has 1 aliphatic rings. The summed E-state index contributed by atoms with van der Waals surface area (Å²) in [6.07, 6.45) is 3.54. The van der Waals surface area contributed by atoms with Crippen LogP contribution in [0.4, 0.5) is 0 Å². The molecule has 1 saturated heterocycles. The Morgan fingerprint density at radius 2 is 2.10 bits per heavy atom. The van der Waals surface area contributed by atoms with Crippen LogP contribution in [0.5, 0.6) is 0 Å². The molecule has 1 aromatic carbocycles. The molecule has 0 amide bonds. The lowest BCUT2D eigenvalue weighted by molar-refractivity contribution is -0.146. The van der Waals surface area contributed by atoms with Gasteiger partial charge in [0.1, 0.15) is 0 Å². The second-order valence-electron chi connectivity index (χ2n) is 5.64. The van der Waals surface area contributed by atoms with E-state index in [2.05, 4.69) is 17.1 Å². The third-order valence-electron chi connectivity index (χ3n) is 4.44. The number of hydrogen-bond donors (Lipinski definition) is 2. The third kappa shape index (κ3) is 2.86. The van der Waals surface area contributed by atoms with Gasteiger partial charge in [0.15, 0.2) is 5.54 Å². The van der Waals surface area contributed by atoms with E-state index in [4.69, 9.17) is 0 Å². The number of benzene rings is 1. The lowest BCUT2D eigenvalue weighted by Gasteiger charge is -2.40. The molecule has 0 spiro atoms. The summed E-state index contributed by atoms with van der Waals surface area (Å²) in [5.41, 5.74) is -0.222. The Morgan fingerprint density at radius 3 is 2.65 bits per heavy atom. The minimum Gasteiger partial charge on any atom is -0.480 e. The molecule has 20 heavy (non-hydrogen) atoms. The van der Waals surface area contributed by atoms with Crippen LogP contribution in [0.2, 0.25) is 0 Å². The van der Waals surface area contributed by atoms with Gasteiger partial charge < -0.3 is 10.4 Å². The molecule has 0 radical (unpaired) electrons. The van der Waals surface area contributed by atoms with Crippen LogP contribution in [0.1, 0.15) is 31.7 Å². The predicted octanol–water partition coefficient (Wildman–Crippen LogP) is 2.06. The first kappa shape index (κ1) is 15.0. The summed E-state index contributed by atoms with van der Waals surface area (Å²) in [7, 11) is 1.73. The van der Waals surface area contributed by atoms with Crippen LogP contribution in [0, 0.1) is 0 Å². The van der Waals surface area contributed by atoms with Crippen molar-refractivity contribution in [1.82, 2.24) is 10.2 Å². The van der Waals surface area contributed by atoms with Crippen molar-refractivity contribution in [2.45, 2.75) is 37.8 Å². The number of aliphatic carboxylic acids is 1. The van der Waals surface area contributed by atoms with Crippen LogP contribution in [0.3, 0.4) is 0 Å². The van der Waals surface area contributed by atoms with Gasteiger partial charge in [-0.2, -0.15) is 0 Å². The summed E-state index contributed by atoms with van der Waals surface area (Å²) in [6, 6.07) is 9.92. The summed E-state index contributed by atoms with van der Waals surface area (Å²) in [6.45, 7) is 3.67. The maximum absolute atomic E-state index is 11.9. The van der Waals surface area contributed by atoms with Crippen LogP contribution >= 0.6 is 0 Å². The number of nitrogens with one attached hydrogen (secondary N) is 1. The molecule has 2 rings (SSSR count). The largest absolute Gasteiger partial charge is 0.480 e. The number of carboxylic acid groups (broad SMARTS) is 1. The number of likely N-dealkylation sites (tertiary alicyclic amines) is 1. The van der Waals surface area contributed by atoms with Crippen molar-refractivity contribution in [2.75, 3.05) is 20.1 Å². The Balaban J connectivity index is 2.30. The van der Waals surface area contributed by atoms with E-state index < -0.39 is 11.5 Å². The topological polar surface area (TPSA) is 52.6 Å². The SMILES string of the molecule is CNC(CN1CCCCC1C)(C(=O)O)c1ccccc1. The van der Waals surface area contributed by atoms with E-state index in [1.54, 1.807) is 7.05 Å². The first-order valence-corrected chi connectivity index (χ1v) is 7.32. The second-order valence-corrected chi connectivity index (χ2v) is 5.64. The number of piperidine rings is 1. The van der Waals surface area contributed by atoms with Gasteiger partial charge >= 0.3 is 5.97 Å².